The van der Waals surface area contributed by atoms with Crippen molar-refractivity contribution in [3.8, 4) is 5.75 Å². The molecule has 0 aliphatic carbocycles. The highest BCUT2D eigenvalue weighted by Crippen LogP contribution is 2.32. The van der Waals surface area contributed by atoms with E-state index < -0.39 is 0 Å². The second-order valence-corrected chi connectivity index (χ2v) is 5.29. The normalized spacial score (nSPS) is 10.8. The lowest BCUT2D eigenvalue weighted by atomic mass is 10.2. The lowest BCUT2D eigenvalue weighted by Crippen LogP contribution is -2.17. The van der Waals surface area contributed by atoms with Crippen LogP contribution in [0, 0.1) is 0 Å². The van der Waals surface area contributed by atoms with E-state index in [-0.39, 0.29) is 21.7 Å². The van der Waals surface area contributed by atoms with Crippen LogP contribution in [0.5, 0.6) is 5.75 Å². The van der Waals surface area contributed by atoms with Gasteiger partial charge in [-0.25, -0.2) is 5.43 Å². The van der Waals surface area contributed by atoms with Gasteiger partial charge in [-0.2, -0.15) is 5.10 Å². The van der Waals surface area contributed by atoms with Gasteiger partial charge < -0.3 is 5.11 Å². The van der Waals surface area contributed by atoms with Crippen LogP contribution in [0.2, 0.25) is 15.1 Å². The lowest BCUT2D eigenvalue weighted by Gasteiger charge is -2.02. The summed E-state index contributed by atoms with van der Waals surface area (Å²) >= 11 is 17.3. The molecule has 21 heavy (non-hydrogen) atoms. The SMILES string of the molecule is O=C(N/N=C\c1cc(Cl)c(O)c(Cl)c1)c1ccc(Cl)cc1. The fourth-order valence-electron chi connectivity index (χ4n) is 1.49. The molecule has 0 aromatic heterocycles. The Hall–Kier alpha value is -1.75. The van der Waals surface area contributed by atoms with Crippen LogP contribution in [-0.4, -0.2) is 17.2 Å². The summed E-state index contributed by atoms with van der Waals surface area (Å²) in [6.07, 6.45) is 1.37. The number of rotatable bonds is 3. The molecule has 0 atom stereocenters. The molecule has 0 fully saturated rings. The molecule has 2 N–H and O–H groups in total. The molecule has 0 saturated carbocycles. The molecule has 0 aliphatic heterocycles. The Labute approximate surface area is 135 Å². The van der Waals surface area contributed by atoms with E-state index in [0.29, 0.717) is 16.1 Å². The van der Waals surface area contributed by atoms with Gasteiger partial charge in [0.2, 0.25) is 0 Å². The molecular formula is C14H9Cl3N2O2. The van der Waals surface area contributed by atoms with Gasteiger partial charge in [-0.05, 0) is 42.0 Å². The zero-order valence-corrected chi connectivity index (χ0v) is 12.7. The van der Waals surface area contributed by atoms with Crippen molar-refractivity contribution in [2.45, 2.75) is 0 Å². The third kappa shape index (κ3) is 4.11. The third-order valence-electron chi connectivity index (χ3n) is 2.53. The highest BCUT2D eigenvalue weighted by molar-refractivity contribution is 6.37. The average molecular weight is 344 g/mol. The molecule has 108 valence electrons. The number of aromatic hydroxyl groups is 1. The monoisotopic (exact) mass is 342 g/mol. The first kappa shape index (κ1) is 15.6. The van der Waals surface area contributed by atoms with Crippen LogP contribution in [0.15, 0.2) is 41.5 Å². The molecule has 0 radical (unpaired) electrons. The van der Waals surface area contributed by atoms with Gasteiger partial charge in [-0.15, -0.1) is 0 Å². The van der Waals surface area contributed by atoms with Crippen LogP contribution in [-0.2, 0) is 0 Å². The van der Waals surface area contributed by atoms with E-state index >= 15 is 0 Å². The minimum atomic E-state index is -0.376. The van der Waals surface area contributed by atoms with Gasteiger partial charge in [-0.1, -0.05) is 34.8 Å². The molecule has 0 spiro atoms. The van der Waals surface area contributed by atoms with E-state index in [9.17, 15) is 9.90 Å². The number of nitrogens with one attached hydrogen (secondary N) is 1. The number of nitrogens with zero attached hydrogens (tertiary/aromatic N) is 1. The second-order valence-electron chi connectivity index (χ2n) is 4.04. The predicted octanol–water partition coefficient (Wildman–Crippen LogP) is 4.12. The Morgan fingerprint density at radius 2 is 1.67 bits per heavy atom. The number of amides is 1. The van der Waals surface area contributed by atoms with Gasteiger partial charge in [0.1, 0.15) is 0 Å². The molecule has 7 heteroatoms. The first-order valence-electron chi connectivity index (χ1n) is 5.74. The van der Waals surface area contributed by atoms with Gasteiger partial charge in [0, 0.05) is 10.6 Å². The molecule has 0 aliphatic rings. The van der Waals surface area contributed by atoms with Gasteiger partial charge in [0.15, 0.2) is 5.75 Å². The number of phenolic OH excluding ortho intramolecular Hbond substituents is 1. The number of hydrogen-bond donors (Lipinski definition) is 2. The van der Waals surface area contributed by atoms with E-state index in [0.717, 1.165) is 0 Å². The van der Waals surface area contributed by atoms with E-state index in [1.165, 1.54) is 18.3 Å². The molecule has 0 heterocycles. The van der Waals surface area contributed by atoms with Crippen molar-refractivity contribution in [3.63, 3.8) is 0 Å². The molecule has 2 aromatic carbocycles. The number of benzene rings is 2. The van der Waals surface area contributed by atoms with Crippen molar-refractivity contribution in [1.82, 2.24) is 5.43 Å². The number of carbonyl (C=O) groups excluding carboxylic acids is 1. The fourth-order valence-corrected chi connectivity index (χ4v) is 2.12. The van der Waals surface area contributed by atoms with Gasteiger partial charge in [0.05, 0.1) is 16.3 Å². The van der Waals surface area contributed by atoms with Crippen LogP contribution in [0.4, 0.5) is 0 Å². The van der Waals surface area contributed by atoms with Gasteiger partial charge in [0.25, 0.3) is 5.91 Å². The first-order valence-corrected chi connectivity index (χ1v) is 6.88. The third-order valence-corrected chi connectivity index (χ3v) is 3.35. The summed E-state index contributed by atoms with van der Waals surface area (Å²) in [5.41, 5.74) is 3.33. The Morgan fingerprint density at radius 3 is 2.24 bits per heavy atom. The van der Waals surface area contributed by atoms with E-state index in [1.807, 2.05) is 0 Å². The summed E-state index contributed by atoms with van der Waals surface area (Å²) in [5.74, 6) is -0.570. The number of carbonyl (C=O) groups is 1. The number of phenols is 1. The zero-order chi connectivity index (χ0) is 15.4. The molecule has 4 nitrogen and oxygen atoms in total. The topological polar surface area (TPSA) is 61.7 Å². The van der Waals surface area contributed by atoms with Gasteiger partial charge >= 0.3 is 0 Å². The summed E-state index contributed by atoms with van der Waals surface area (Å²) in [6.45, 7) is 0. The van der Waals surface area contributed by atoms with Crippen molar-refractivity contribution in [2.75, 3.05) is 0 Å². The number of hydrogen-bond acceptors (Lipinski definition) is 3. The maximum Gasteiger partial charge on any atom is 0.271 e. The van der Waals surface area contributed by atoms with Crippen LogP contribution in [0.1, 0.15) is 15.9 Å². The maximum absolute atomic E-state index is 11.8. The standard InChI is InChI=1S/C14H9Cl3N2O2/c15-10-3-1-9(2-4-10)14(21)19-18-7-8-5-11(16)13(20)12(17)6-8/h1-7,20H,(H,19,21)/b18-7-. The Bertz CT molecular complexity index is 677. The van der Waals surface area contributed by atoms with Gasteiger partial charge in [-0.3, -0.25) is 4.79 Å². The highest BCUT2D eigenvalue weighted by atomic mass is 35.5. The molecule has 2 aromatic rings. The van der Waals surface area contributed by atoms with Crippen LogP contribution in [0.3, 0.4) is 0 Å². The molecule has 0 unspecified atom stereocenters. The summed E-state index contributed by atoms with van der Waals surface area (Å²) in [5, 5.41) is 14.0. The summed E-state index contributed by atoms with van der Waals surface area (Å²) < 4.78 is 0. The molecule has 0 saturated heterocycles. The minimum absolute atomic E-state index is 0.105. The van der Waals surface area contributed by atoms with E-state index in [2.05, 4.69) is 10.5 Å². The zero-order valence-electron chi connectivity index (χ0n) is 10.5. The minimum Gasteiger partial charge on any atom is -0.505 e. The van der Waals surface area contributed by atoms with E-state index in [4.69, 9.17) is 34.8 Å². The van der Waals surface area contributed by atoms with Crippen molar-refractivity contribution >= 4 is 46.9 Å². The molecule has 1 amide bonds. The fraction of sp³-hybridized carbons (Fsp3) is 0. The quantitative estimate of drug-likeness (QED) is 0.650. The number of halogens is 3. The molecule has 0 bridgehead atoms. The predicted molar refractivity (Wildman–Crippen MR) is 84.6 cm³/mol. The van der Waals surface area contributed by atoms with Crippen molar-refractivity contribution < 1.29 is 9.90 Å². The highest BCUT2D eigenvalue weighted by Gasteiger charge is 2.06. The van der Waals surface area contributed by atoms with Crippen molar-refractivity contribution in [1.29, 1.82) is 0 Å². The smallest absolute Gasteiger partial charge is 0.271 e. The van der Waals surface area contributed by atoms with Crippen LogP contribution < -0.4 is 5.43 Å². The van der Waals surface area contributed by atoms with Crippen LogP contribution >= 0.6 is 34.8 Å². The Morgan fingerprint density at radius 1 is 1.10 bits per heavy atom. The van der Waals surface area contributed by atoms with E-state index in [1.54, 1.807) is 24.3 Å². The average Bonchev–Trinajstić information content (AvgIpc) is 2.45. The summed E-state index contributed by atoms with van der Waals surface area (Å²) in [4.78, 5) is 11.8. The van der Waals surface area contributed by atoms with Crippen LogP contribution in [0.25, 0.3) is 0 Å². The first-order chi connectivity index (χ1) is 9.97. The molecular weight excluding hydrogens is 335 g/mol. The van der Waals surface area contributed by atoms with Crippen molar-refractivity contribution in [3.05, 3.63) is 62.6 Å². The Kier molecular flexibility index (Phi) is 5.07. The Balaban J connectivity index is 2.05. The maximum atomic E-state index is 11.8. The summed E-state index contributed by atoms with van der Waals surface area (Å²) in [7, 11) is 0. The summed E-state index contributed by atoms with van der Waals surface area (Å²) in [6, 6.07) is 9.34. The second kappa shape index (κ2) is 6.80. The number of hydrazone groups is 1. The van der Waals surface area contributed by atoms with Crippen molar-refractivity contribution in [2.24, 2.45) is 5.10 Å². The molecule has 2 rings (SSSR count). The lowest BCUT2D eigenvalue weighted by molar-refractivity contribution is 0.0955. The largest absolute Gasteiger partial charge is 0.505 e.